The molecule has 2 heterocycles. The van der Waals surface area contributed by atoms with Crippen LogP contribution in [0.15, 0.2) is 0 Å². The second-order valence-corrected chi connectivity index (χ2v) is 28.5. The molecule has 8 aliphatic rings. The molecule has 0 radical (unpaired) electrons. The van der Waals surface area contributed by atoms with Gasteiger partial charge in [0, 0.05) is 53.5 Å². The molecule has 25 nitrogen and oxygen atoms in total. The average Bonchev–Trinajstić information content (AvgIpc) is 1.31. The molecule has 25 heteroatoms. The zero-order chi connectivity index (χ0) is 67.1. The summed E-state index contributed by atoms with van der Waals surface area (Å²) in [6.07, 6.45) is -6.40. The summed E-state index contributed by atoms with van der Waals surface area (Å²) in [5.41, 5.74) is -0.495. The summed E-state index contributed by atoms with van der Waals surface area (Å²) in [4.78, 5) is 103. The number of carboxylic acid groups (broad SMARTS) is 1. The van der Waals surface area contributed by atoms with Crippen molar-refractivity contribution < 1.29 is 111 Å². The Morgan fingerprint density at radius 1 is 0.728 bits per heavy atom. The fraction of sp³-hybridized carbons (Fsp3) is 0.881. The van der Waals surface area contributed by atoms with Gasteiger partial charge in [-0.1, -0.05) is 66.2 Å². The van der Waals surface area contributed by atoms with Gasteiger partial charge in [-0.2, -0.15) is 0 Å². The van der Waals surface area contributed by atoms with Crippen molar-refractivity contribution in [2.75, 3.05) is 26.9 Å². The van der Waals surface area contributed by atoms with Gasteiger partial charge in [-0.15, -0.1) is 0 Å². The number of hydrogen-bond acceptors (Lipinski definition) is 22. The molecule has 26 atom stereocenters. The molecular weight excluding hydrogens is 1200 g/mol. The lowest BCUT2D eigenvalue weighted by Crippen LogP contribution is -2.67. The maximum atomic E-state index is 14.7. The fourth-order valence-electron chi connectivity index (χ4n) is 18.2. The van der Waals surface area contributed by atoms with E-state index in [-0.39, 0.29) is 103 Å². The van der Waals surface area contributed by atoms with Crippen molar-refractivity contribution in [1.82, 2.24) is 10.6 Å². The molecule has 0 aromatic carbocycles. The van der Waals surface area contributed by atoms with Crippen LogP contribution in [-0.4, -0.2) is 193 Å². The maximum Gasteiger partial charge on any atom is 0.332 e. The number of carbonyl (C=O) groups is 8. The molecule has 0 aromatic heterocycles. The monoisotopic (exact) mass is 1310 g/mol. The molecule has 2 saturated heterocycles. The summed E-state index contributed by atoms with van der Waals surface area (Å²) >= 11 is 0. The van der Waals surface area contributed by atoms with Gasteiger partial charge in [-0.05, 0) is 136 Å². The number of nitrogens with one attached hydrogen (secondary N) is 2. The van der Waals surface area contributed by atoms with Gasteiger partial charge in [-0.3, -0.25) is 33.6 Å². The molecule has 0 bridgehead atoms. The van der Waals surface area contributed by atoms with E-state index >= 15 is 0 Å². The van der Waals surface area contributed by atoms with Crippen LogP contribution in [0.4, 0.5) is 0 Å². The first-order valence-corrected chi connectivity index (χ1v) is 34.0. The van der Waals surface area contributed by atoms with Crippen LogP contribution in [0.25, 0.3) is 0 Å². The van der Waals surface area contributed by atoms with E-state index in [1.807, 2.05) is 6.92 Å². The van der Waals surface area contributed by atoms with Crippen LogP contribution >= 0.6 is 0 Å². The first-order valence-electron chi connectivity index (χ1n) is 34.0. The third kappa shape index (κ3) is 17.0. The minimum Gasteiger partial charge on any atom is -0.479 e. The molecule has 2 amide bonds. The summed E-state index contributed by atoms with van der Waals surface area (Å²) in [5, 5.41) is 52.8. The van der Waals surface area contributed by atoms with E-state index in [1.54, 1.807) is 6.92 Å². The largest absolute Gasteiger partial charge is 0.479 e. The predicted molar refractivity (Wildman–Crippen MR) is 325 cm³/mol. The number of esters is 5. The van der Waals surface area contributed by atoms with Gasteiger partial charge < -0.3 is 83.2 Å². The molecule has 6 N–H and O–H groups in total. The van der Waals surface area contributed by atoms with Gasteiger partial charge in [0.25, 0.3) is 0 Å². The summed E-state index contributed by atoms with van der Waals surface area (Å²) in [6, 6.07) is -1.42. The summed E-state index contributed by atoms with van der Waals surface area (Å²) < 4.78 is 67.0. The summed E-state index contributed by atoms with van der Waals surface area (Å²) in [5.74, 6) is -5.93. The number of amides is 2. The van der Waals surface area contributed by atoms with E-state index in [9.17, 15) is 58.8 Å². The predicted octanol–water partition coefficient (Wildman–Crippen LogP) is 5.39. The van der Waals surface area contributed by atoms with Crippen LogP contribution in [0.3, 0.4) is 0 Å². The van der Waals surface area contributed by atoms with E-state index < -0.39 is 146 Å². The second-order valence-electron chi connectivity index (χ2n) is 28.5. The van der Waals surface area contributed by atoms with Crippen LogP contribution in [0.1, 0.15) is 185 Å². The molecule has 0 aromatic rings. The number of aliphatic hydroxyl groups is 3. The molecule has 10 unspecified atom stereocenters. The molecule has 0 spiro atoms. The van der Waals surface area contributed by atoms with Gasteiger partial charge >= 0.3 is 35.8 Å². The Bertz CT molecular complexity index is 2550. The standard InChI is InChI=1S/C67H106N2O23/c1-12-41-27-42(62(79)68-24-25-83-44-22-23-66(9)43(29-44)30-48(75)54-46-20-19-45(33(2)18-21-53(77)82-11)67(46,10)52(76)31-47(54)66)28-49(58(41)92-65-61(88-39(8)74)60(87-38(7)73)57(34(3)85-65)86-37(6)72)90-64-55(69-35(4)70)59(56(78)51(91-64)32-84-36(5)71)89-50(63(80)81)26-40-16-14-13-15-17-40/h33-34,40-52,54-61,64-65,75-76,78H,12-32H2,1-11H3,(H,68,79)(H,69,70)(H,80,81)/t33-,34+,41-,42?,43?,44-,45-,46?,47?,48-,49-,50+,51+,52+,54?,55?,56+,57?,58?,59?,60+,61+,64-,65?,66+,67-/m1/s1. The molecule has 92 heavy (non-hydrogen) atoms. The summed E-state index contributed by atoms with van der Waals surface area (Å²) in [7, 11) is 1.40. The zero-order valence-corrected chi connectivity index (χ0v) is 55.8. The Balaban J connectivity index is 1.01. The number of carboxylic acids is 1. The van der Waals surface area contributed by atoms with E-state index in [1.165, 1.54) is 14.0 Å². The Morgan fingerprint density at radius 3 is 2.05 bits per heavy atom. The minimum atomic E-state index is -1.68. The van der Waals surface area contributed by atoms with Crippen molar-refractivity contribution >= 4 is 47.6 Å². The Morgan fingerprint density at radius 2 is 1.41 bits per heavy atom. The lowest BCUT2D eigenvalue weighted by atomic mass is 9.43. The van der Waals surface area contributed by atoms with Gasteiger partial charge in [0.05, 0.1) is 50.3 Å². The van der Waals surface area contributed by atoms with Gasteiger partial charge in [0.1, 0.15) is 31.0 Å². The highest BCUT2D eigenvalue weighted by Crippen LogP contribution is 2.68. The average molecular weight is 1310 g/mol. The number of rotatable bonds is 25. The topological polar surface area (TPSA) is 343 Å². The van der Waals surface area contributed by atoms with Crippen molar-refractivity contribution in [2.24, 2.45) is 64.1 Å². The third-order valence-corrected chi connectivity index (χ3v) is 22.7. The van der Waals surface area contributed by atoms with Gasteiger partial charge in [0.2, 0.25) is 11.8 Å². The van der Waals surface area contributed by atoms with E-state index in [0.717, 1.165) is 91.9 Å². The van der Waals surface area contributed by atoms with Crippen LogP contribution in [0.5, 0.6) is 0 Å². The lowest BCUT2D eigenvalue weighted by molar-refractivity contribution is -0.340. The smallest absolute Gasteiger partial charge is 0.332 e. The molecule has 522 valence electrons. The van der Waals surface area contributed by atoms with Crippen molar-refractivity contribution in [2.45, 2.75) is 283 Å². The number of ether oxygens (including phenoxy) is 11. The van der Waals surface area contributed by atoms with E-state index in [2.05, 4.69) is 31.4 Å². The van der Waals surface area contributed by atoms with E-state index in [4.69, 9.17) is 52.1 Å². The van der Waals surface area contributed by atoms with E-state index in [0.29, 0.717) is 32.1 Å². The van der Waals surface area contributed by atoms with Crippen molar-refractivity contribution in [3.63, 3.8) is 0 Å². The highest BCUT2D eigenvalue weighted by molar-refractivity contribution is 5.79. The fourth-order valence-corrected chi connectivity index (χ4v) is 18.2. The maximum absolute atomic E-state index is 14.7. The molecule has 6 aliphatic carbocycles. The molecule has 6 saturated carbocycles. The number of fused-ring (bicyclic) bond motifs is 5. The minimum absolute atomic E-state index is 0.00848. The number of aliphatic carboxylic acids is 1. The first-order chi connectivity index (χ1) is 43.6. The zero-order valence-electron chi connectivity index (χ0n) is 55.8. The second kappa shape index (κ2) is 32.0. The highest BCUT2D eigenvalue weighted by Gasteiger charge is 2.66. The Kier molecular flexibility index (Phi) is 25.4. The number of carbonyl (C=O) groups excluding carboxylic acids is 7. The summed E-state index contributed by atoms with van der Waals surface area (Å²) in [6.45, 7) is 15.8. The molecule has 8 rings (SSSR count). The van der Waals surface area contributed by atoms with Crippen LogP contribution in [0.2, 0.25) is 0 Å². The van der Waals surface area contributed by atoms with Gasteiger partial charge in [0.15, 0.2) is 37.0 Å². The molecule has 2 aliphatic heterocycles. The van der Waals surface area contributed by atoms with Crippen LogP contribution in [-0.2, 0) is 90.5 Å². The highest BCUT2D eigenvalue weighted by atomic mass is 16.8. The lowest BCUT2D eigenvalue weighted by Gasteiger charge is -2.63. The Hall–Kier alpha value is -4.60. The Labute approximate surface area is 541 Å². The normalized spacial score (nSPS) is 40.2. The molecular formula is C67H106N2O23. The quantitative estimate of drug-likeness (QED) is 0.0379. The number of hydrogen-bond donors (Lipinski definition) is 6. The van der Waals surface area contributed by atoms with Gasteiger partial charge in [-0.25, -0.2) is 4.79 Å². The number of methoxy groups -OCH3 is 1. The van der Waals surface area contributed by atoms with Crippen LogP contribution < -0.4 is 10.6 Å². The molecule has 8 fully saturated rings. The first kappa shape index (κ1) is 73.2. The van der Waals surface area contributed by atoms with Crippen LogP contribution in [0, 0.1) is 64.1 Å². The van der Waals surface area contributed by atoms with Crippen molar-refractivity contribution in [1.29, 1.82) is 0 Å². The SMILES string of the molecule is CC[C@@H]1CC(C(=O)NCCO[C@@H]2CC[C@@]3(C)C(C2)C[C@@H](O)C2C3C[C@H](O)[C@@]3(C)C2CC[C@@H]3[C@H](C)CCC(=O)OC)C[C@@H](O[C@@H]2O[C@@H](COC(C)=O)[C@H](O)C(O[C@@H](CC3CCCCC3)C(=O)O)C2NC(C)=O)C1OC1O[C@@H](C)C(OC(C)=O)[C@H](OC(C)=O)[C@@H]1OC(C)=O. The van der Waals surface area contributed by atoms with Crippen molar-refractivity contribution in [3.8, 4) is 0 Å². The third-order valence-electron chi connectivity index (χ3n) is 22.7. The number of aliphatic hydroxyl groups excluding tert-OH is 3. The van der Waals surface area contributed by atoms with Crippen molar-refractivity contribution in [3.05, 3.63) is 0 Å².